The number of nitrogens with one attached hydrogen (secondary N) is 2. The molecule has 2 aromatic carbocycles. The summed E-state index contributed by atoms with van der Waals surface area (Å²) in [5.41, 5.74) is 6.52. The third kappa shape index (κ3) is 1.86. The molecule has 1 unspecified atom stereocenters. The number of hydrogen-bond acceptors (Lipinski definition) is 2. The summed E-state index contributed by atoms with van der Waals surface area (Å²) in [6, 6.07) is 13.6. The Labute approximate surface area is 118 Å². The molecule has 0 fully saturated rings. The first-order valence-corrected chi connectivity index (χ1v) is 7.09. The summed E-state index contributed by atoms with van der Waals surface area (Å²) in [6.07, 6.45) is 4.21. The van der Waals surface area contributed by atoms with E-state index in [0.29, 0.717) is 6.04 Å². The topological polar surface area (TPSA) is 40.7 Å². The highest BCUT2D eigenvalue weighted by molar-refractivity contribution is 5.81. The Bertz CT molecular complexity index is 773. The van der Waals surface area contributed by atoms with Crippen molar-refractivity contribution in [3.8, 4) is 0 Å². The van der Waals surface area contributed by atoms with Crippen LogP contribution in [0.25, 0.3) is 10.9 Å². The van der Waals surface area contributed by atoms with Crippen LogP contribution in [0.15, 0.2) is 42.6 Å². The summed E-state index contributed by atoms with van der Waals surface area (Å²) in [6.45, 7) is 2.16. The van der Waals surface area contributed by atoms with Crippen molar-refractivity contribution in [3.05, 3.63) is 59.3 Å². The van der Waals surface area contributed by atoms with Gasteiger partial charge in [0.15, 0.2) is 0 Å². The molecular weight excluding hydrogens is 246 g/mol. The zero-order chi connectivity index (χ0) is 13.5. The molecule has 0 aliphatic heterocycles. The summed E-state index contributed by atoms with van der Waals surface area (Å²) in [5.74, 6) is 0. The van der Waals surface area contributed by atoms with E-state index < -0.39 is 0 Å². The standard InChI is InChI=1S/C17H17N3/c1-11-2-3-12-4-6-17(15(12)8-11)19-14-5-7-16-13(9-14)10-18-20-16/h2-3,5,7-10,17,19H,4,6H2,1H3,(H,18,20). The Balaban J connectivity index is 1.65. The van der Waals surface area contributed by atoms with E-state index in [9.17, 15) is 0 Å². The lowest BCUT2D eigenvalue weighted by atomic mass is 10.0. The minimum atomic E-state index is 0.425. The Morgan fingerprint density at radius 3 is 3.10 bits per heavy atom. The normalized spacial score (nSPS) is 17.4. The number of H-pyrrole nitrogens is 1. The van der Waals surface area contributed by atoms with E-state index in [1.807, 2.05) is 6.20 Å². The predicted molar refractivity (Wildman–Crippen MR) is 82.0 cm³/mol. The van der Waals surface area contributed by atoms with Crippen LogP contribution in [0.3, 0.4) is 0 Å². The fraction of sp³-hybridized carbons (Fsp3) is 0.235. The molecule has 0 amide bonds. The fourth-order valence-corrected chi connectivity index (χ4v) is 3.11. The number of benzene rings is 2. The molecule has 0 bridgehead atoms. The first-order chi connectivity index (χ1) is 9.79. The molecule has 2 N–H and O–H groups in total. The summed E-state index contributed by atoms with van der Waals surface area (Å²) in [7, 11) is 0. The van der Waals surface area contributed by atoms with E-state index in [1.165, 1.54) is 35.2 Å². The van der Waals surface area contributed by atoms with Gasteiger partial charge in [-0.1, -0.05) is 23.8 Å². The SMILES string of the molecule is Cc1ccc2c(c1)C(Nc1ccc3[nH]ncc3c1)CC2. The van der Waals surface area contributed by atoms with E-state index in [0.717, 1.165) is 10.9 Å². The second kappa shape index (κ2) is 4.37. The minimum absolute atomic E-state index is 0.425. The first-order valence-electron chi connectivity index (χ1n) is 7.09. The van der Waals surface area contributed by atoms with E-state index in [2.05, 4.69) is 58.8 Å². The molecule has 3 aromatic rings. The van der Waals surface area contributed by atoms with Crippen LogP contribution in [0, 0.1) is 6.92 Å². The van der Waals surface area contributed by atoms with Gasteiger partial charge in [-0.25, -0.2) is 0 Å². The molecule has 1 aliphatic rings. The van der Waals surface area contributed by atoms with Crippen molar-refractivity contribution in [2.75, 3.05) is 5.32 Å². The highest BCUT2D eigenvalue weighted by Gasteiger charge is 2.22. The van der Waals surface area contributed by atoms with Gasteiger partial charge in [0.2, 0.25) is 0 Å². The molecule has 1 aliphatic carbocycles. The third-order valence-corrected chi connectivity index (χ3v) is 4.16. The zero-order valence-corrected chi connectivity index (χ0v) is 11.5. The number of fused-ring (bicyclic) bond motifs is 2. The van der Waals surface area contributed by atoms with E-state index in [1.54, 1.807) is 0 Å². The van der Waals surface area contributed by atoms with Crippen LogP contribution in [0.2, 0.25) is 0 Å². The average molecular weight is 263 g/mol. The minimum Gasteiger partial charge on any atom is -0.378 e. The van der Waals surface area contributed by atoms with Crippen LogP contribution >= 0.6 is 0 Å². The molecular formula is C17H17N3. The van der Waals surface area contributed by atoms with Gasteiger partial charge in [0.05, 0.1) is 17.8 Å². The summed E-state index contributed by atoms with van der Waals surface area (Å²) < 4.78 is 0. The van der Waals surface area contributed by atoms with Crippen LogP contribution < -0.4 is 5.32 Å². The van der Waals surface area contributed by atoms with Crippen LogP contribution in [0.1, 0.15) is 29.2 Å². The summed E-state index contributed by atoms with van der Waals surface area (Å²) in [5, 5.41) is 11.9. The van der Waals surface area contributed by atoms with Gasteiger partial charge < -0.3 is 5.32 Å². The number of aromatic amines is 1. The monoisotopic (exact) mass is 263 g/mol. The smallest absolute Gasteiger partial charge is 0.0651 e. The second-order valence-electron chi connectivity index (χ2n) is 5.61. The van der Waals surface area contributed by atoms with Crippen molar-refractivity contribution in [2.24, 2.45) is 0 Å². The van der Waals surface area contributed by atoms with Gasteiger partial charge in [0.1, 0.15) is 0 Å². The molecule has 1 heterocycles. The van der Waals surface area contributed by atoms with Crippen molar-refractivity contribution in [2.45, 2.75) is 25.8 Å². The lowest BCUT2D eigenvalue weighted by Crippen LogP contribution is -2.07. The van der Waals surface area contributed by atoms with E-state index in [4.69, 9.17) is 0 Å². The second-order valence-corrected chi connectivity index (χ2v) is 5.61. The molecule has 3 nitrogen and oxygen atoms in total. The summed E-state index contributed by atoms with van der Waals surface area (Å²) in [4.78, 5) is 0. The third-order valence-electron chi connectivity index (χ3n) is 4.16. The average Bonchev–Trinajstić information content (AvgIpc) is 3.05. The van der Waals surface area contributed by atoms with Crippen molar-refractivity contribution in [1.82, 2.24) is 10.2 Å². The number of aryl methyl sites for hydroxylation is 2. The Hall–Kier alpha value is -2.29. The quantitative estimate of drug-likeness (QED) is 0.734. The lowest BCUT2D eigenvalue weighted by Gasteiger charge is -2.16. The van der Waals surface area contributed by atoms with E-state index in [-0.39, 0.29) is 0 Å². The maximum absolute atomic E-state index is 4.07. The van der Waals surface area contributed by atoms with Gasteiger partial charge in [-0.2, -0.15) is 5.10 Å². The summed E-state index contributed by atoms with van der Waals surface area (Å²) >= 11 is 0. The van der Waals surface area contributed by atoms with Gasteiger partial charge in [0.25, 0.3) is 0 Å². The largest absolute Gasteiger partial charge is 0.378 e. The van der Waals surface area contributed by atoms with Gasteiger partial charge in [0, 0.05) is 11.1 Å². The first kappa shape index (κ1) is 11.5. The predicted octanol–water partition coefficient (Wildman–Crippen LogP) is 3.97. The van der Waals surface area contributed by atoms with Gasteiger partial charge in [-0.15, -0.1) is 0 Å². The molecule has 0 spiro atoms. The lowest BCUT2D eigenvalue weighted by molar-refractivity contribution is 0.762. The van der Waals surface area contributed by atoms with Crippen molar-refractivity contribution >= 4 is 16.6 Å². The molecule has 3 heteroatoms. The van der Waals surface area contributed by atoms with Crippen LogP contribution in [-0.2, 0) is 6.42 Å². The zero-order valence-electron chi connectivity index (χ0n) is 11.5. The van der Waals surface area contributed by atoms with E-state index >= 15 is 0 Å². The highest BCUT2D eigenvalue weighted by Crippen LogP contribution is 2.34. The van der Waals surface area contributed by atoms with Gasteiger partial charge >= 0.3 is 0 Å². The van der Waals surface area contributed by atoms with Crippen LogP contribution in [0.5, 0.6) is 0 Å². The Morgan fingerprint density at radius 2 is 2.15 bits per heavy atom. The molecule has 0 saturated carbocycles. The number of aromatic nitrogens is 2. The van der Waals surface area contributed by atoms with Crippen molar-refractivity contribution in [3.63, 3.8) is 0 Å². The molecule has 1 atom stereocenters. The van der Waals surface area contributed by atoms with Crippen molar-refractivity contribution < 1.29 is 0 Å². The van der Waals surface area contributed by atoms with Crippen molar-refractivity contribution in [1.29, 1.82) is 0 Å². The molecule has 4 rings (SSSR count). The molecule has 0 saturated heterocycles. The number of anilines is 1. The number of hydrogen-bond donors (Lipinski definition) is 2. The maximum atomic E-state index is 4.07. The fourth-order valence-electron chi connectivity index (χ4n) is 3.11. The van der Waals surface area contributed by atoms with Crippen LogP contribution in [0.4, 0.5) is 5.69 Å². The Kier molecular flexibility index (Phi) is 2.52. The highest BCUT2D eigenvalue weighted by atomic mass is 15.1. The molecule has 20 heavy (non-hydrogen) atoms. The molecule has 1 aromatic heterocycles. The number of rotatable bonds is 2. The molecule has 100 valence electrons. The van der Waals surface area contributed by atoms with Gasteiger partial charge in [-0.3, -0.25) is 5.10 Å². The number of nitrogens with zero attached hydrogens (tertiary/aromatic N) is 1. The Morgan fingerprint density at radius 1 is 1.20 bits per heavy atom. The maximum Gasteiger partial charge on any atom is 0.0651 e. The van der Waals surface area contributed by atoms with Crippen LogP contribution in [-0.4, -0.2) is 10.2 Å². The molecule has 0 radical (unpaired) electrons. The van der Waals surface area contributed by atoms with Gasteiger partial charge in [-0.05, 0) is 49.1 Å².